The summed E-state index contributed by atoms with van der Waals surface area (Å²) in [7, 11) is 1.33. The van der Waals surface area contributed by atoms with Crippen LogP contribution < -0.4 is 10.1 Å². The number of rotatable bonds is 5. The molecule has 0 aliphatic heterocycles. The highest BCUT2D eigenvalue weighted by molar-refractivity contribution is 5.91. The van der Waals surface area contributed by atoms with Gasteiger partial charge in [0.05, 0.1) is 0 Å². The van der Waals surface area contributed by atoms with E-state index in [2.05, 4.69) is 14.8 Å². The van der Waals surface area contributed by atoms with Gasteiger partial charge in [-0.3, -0.25) is 4.79 Å². The van der Waals surface area contributed by atoms with E-state index in [9.17, 15) is 18.0 Å². The van der Waals surface area contributed by atoms with E-state index in [4.69, 9.17) is 0 Å². The first-order chi connectivity index (χ1) is 8.02. The van der Waals surface area contributed by atoms with Crippen LogP contribution in [0.5, 0.6) is 5.75 Å². The van der Waals surface area contributed by atoms with Crippen molar-refractivity contribution in [3.05, 3.63) is 24.0 Å². The van der Waals surface area contributed by atoms with Gasteiger partial charge in [0.15, 0.2) is 11.6 Å². The van der Waals surface area contributed by atoms with Crippen LogP contribution in [0, 0.1) is 5.82 Å². The van der Waals surface area contributed by atoms with Crippen LogP contribution in [0.2, 0.25) is 0 Å². The molecule has 0 bridgehead atoms. The van der Waals surface area contributed by atoms with Gasteiger partial charge in [0.1, 0.15) is 6.61 Å². The molecule has 0 aliphatic carbocycles. The van der Waals surface area contributed by atoms with E-state index in [1.807, 2.05) is 0 Å². The average Bonchev–Trinajstić information content (AvgIpc) is 2.22. The third-order valence-corrected chi connectivity index (χ3v) is 1.71. The fourth-order valence-electron chi connectivity index (χ4n) is 1.10. The molecule has 0 unspecified atom stereocenters. The quantitative estimate of drug-likeness (QED) is 0.868. The maximum absolute atomic E-state index is 13.2. The van der Waals surface area contributed by atoms with Gasteiger partial charge in [0.25, 0.3) is 0 Å². The summed E-state index contributed by atoms with van der Waals surface area (Å²) in [5.41, 5.74) is 0.131. The molecule has 0 fully saturated rings. The summed E-state index contributed by atoms with van der Waals surface area (Å²) in [6, 6.07) is 3.13. The van der Waals surface area contributed by atoms with Crippen molar-refractivity contribution in [1.82, 2.24) is 0 Å². The first-order valence-electron chi connectivity index (χ1n) is 4.56. The maximum Gasteiger partial charge on any atom is 0.387 e. The minimum absolute atomic E-state index is 0.131. The van der Waals surface area contributed by atoms with Crippen molar-refractivity contribution >= 4 is 11.6 Å². The van der Waals surface area contributed by atoms with Crippen LogP contribution in [0.1, 0.15) is 0 Å². The first kappa shape index (κ1) is 13.3. The second-order valence-corrected chi connectivity index (χ2v) is 3.00. The molecule has 0 saturated carbocycles. The molecule has 1 amide bonds. The molecule has 1 rings (SSSR count). The van der Waals surface area contributed by atoms with Crippen molar-refractivity contribution in [2.75, 3.05) is 19.0 Å². The predicted octanol–water partition coefficient (Wildman–Crippen LogP) is 2.01. The Balaban J connectivity index is 2.71. The Hall–Kier alpha value is -1.76. The minimum atomic E-state index is -3.10. The van der Waals surface area contributed by atoms with Gasteiger partial charge < -0.3 is 14.8 Å². The van der Waals surface area contributed by atoms with Gasteiger partial charge in [-0.1, -0.05) is 0 Å². The standard InChI is InChI=1S/C10H10F3NO3/c1-16-5-9(15)14-6-2-3-8(7(11)4-6)17-10(12)13/h2-4,10H,5H2,1H3,(H,14,15). The Morgan fingerprint density at radius 3 is 2.71 bits per heavy atom. The number of amides is 1. The highest BCUT2D eigenvalue weighted by Gasteiger charge is 2.11. The summed E-state index contributed by atoms with van der Waals surface area (Å²) in [4.78, 5) is 11.1. The molecule has 0 heterocycles. The van der Waals surface area contributed by atoms with Crippen LogP contribution in [0.3, 0.4) is 0 Å². The SMILES string of the molecule is COCC(=O)Nc1ccc(OC(F)F)c(F)c1. The molecule has 1 N–H and O–H groups in total. The molecule has 94 valence electrons. The molecule has 0 radical (unpaired) electrons. The van der Waals surface area contributed by atoms with E-state index in [0.717, 1.165) is 12.1 Å². The van der Waals surface area contributed by atoms with Crippen molar-refractivity contribution in [2.24, 2.45) is 0 Å². The normalized spacial score (nSPS) is 10.4. The monoisotopic (exact) mass is 249 g/mol. The second-order valence-electron chi connectivity index (χ2n) is 3.00. The average molecular weight is 249 g/mol. The number of halogens is 3. The van der Waals surface area contributed by atoms with Crippen molar-refractivity contribution < 1.29 is 27.4 Å². The minimum Gasteiger partial charge on any atom is -0.432 e. The molecular weight excluding hydrogens is 239 g/mol. The predicted molar refractivity (Wildman–Crippen MR) is 53.5 cm³/mol. The molecule has 0 aromatic heterocycles. The van der Waals surface area contributed by atoms with Crippen LogP contribution in [-0.4, -0.2) is 26.2 Å². The van der Waals surface area contributed by atoms with Crippen LogP contribution in [0.15, 0.2) is 18.2 Å². The summed E-state index contributed by atoms with van der Waals surface area (Å²) >= 11 is 0. The third kappa shape index (κ3) is 4.31. The van der Waals surface area contributed by atoms with Crippen LogP contribution in [0.4, 0.5) is 18.9 Å². The molecule has 0 spiro atoms. The van der Waals surface area contributed by atoms with Gasteiger partial charge in [-0.25, -0.2) is 4.39 Å². The number of nitrogens with one attached hydrogen (secondary N) is 1. The van der Waals surface area contributed by atoms with Crippen LogP contribution in [0.25, 0.3) is 0 Å². The fraction of sp³-hybridized carbons (Fsp3) is 0.300. The highest BCUT2D eigenvalue weighted by atomic mass is 19.3. The molecule has 1 aromatic rings. The molecule has 0 aliphatic rings. The number of alkyl halides is 2. The third-order valence-electron chi connectivity index (χ3n) is 1.71. The van der Waals surface area contributed by atoms with Gasteiger partial charge in [-0.2, -0.15) is 8.78 Å². The lowest BCUT2D eigenvalue weighted by Gasteiger charge is -2.08. The molecule has 0 atom stereocenters. The zero-order valence-electron chi connectivity index (χ0n) is 8.88. The Morgan fingerprint density at radius 2 is 2.18 bits per heavy atom. The number of ether oxygens (including phenoxy) is 2. The maximum atomic E-state index is 13.2. The summed E-state index contributed by atoms with van der Waals surface area (Å²) in [6.07, 6.45) is 0. The summed E-state index contributed by atoms with van der Waals surface area (Å²) in [6.45, 7) is -3.28. The zero-order valence-corrected chi connectivity index (χ0v) is 8.88. The Kier molecular flexibility index (Phi) is 4.77. The molecule has 7 heteroatoms. The first-order valence-corrected chi connectivity index (χ1v) is 4.56. The number of hydrogen-bond acceptors (Lipinski definition) is 3. The number of methoxy groups -OCH3 is 1. The Morgan fingerprint density at radius 1 is 1.47 bits per heavy atom. The number of anilines is 1. The molecule has 0 saturated heterocycles. The summed E-state index contributed by atoms with van der Waals surface area (Å²) < 4.78 is 45.3. The van der Waals surface area contributed by atoms with E-state index >= 15 is 0 Å². The Bertz CT molecular complexity index is 398. The van der Waals surface area contributed by atoms with Gasteiger partial charge >= 0.3 is 6.61 Å². The molecule has 1 aromatic carbocycles. The molecular formula is C10H10F3NO3. The lowest BCUT2D eigenvalue weighted by atomic mass is 10.3. The lowest BCUT2D eigenvalue weighted by Crippen LogP contribution is -2.17. The van der Waals surface area contributed by atoms with Crippen LogP contribution in [-0.2, 0) is 9.53 Å². The van der Waals surface area contributed by atoms with Crippen molar-refractivity contribution in [1.29, 1.82) is 0 Å². The van der Waals surface area contributed by atoms with Crippen molar-refractivity contribution in [3.63, 3.8) is 0 Å². The molecule has 17 heavy (non-hydrogen) atoms. The van der Waals surface area contributed by atoms with E-state index in [0.29, 0.717) is 0 Å². The largest absolute Gasteiger partial charge is 0.432 e. The summed E-state index contributed by atoms with van der Waals surface area (Å²) in [5.74, 6) is -2.04. The second kappa shape index (κ2) is 6.09. The Labute approximate surface area is 95.3 Å². The van der Waals surface area contributed by atoms with Crippen LogP contribution >= 0.6 is 0 Å². The number of benzene rings is 1. The van der Waals surface area contributed by atoms with E-state index in [1.54, 1.807) is 0 Å². The number of hydrogen-bond donors (Lipinski definition) is 1. The van der Waals surface area contributed by atoms with E-state index in [1.165, 1.54) is 13.2 Å². The number of carbonyl (C=O) groups excluding carboxylic acids is 1. The number of carbonyl (C=O) groups is 1. The highest BCUT2D eigenvalue weighted by Crippen LogP contribution is 2.22. The van der Waals surface area contributed by atoms with Crippen molar-refractivity contribution in [2.45, 2.75) is 6.61 Å². The molecule has 4 nitrogen and oxygen atoms in total. The summed E-state index contributed by atoms with van der Waals surface area (Å²) in [5, 5.41) is 2.32. The van der Waals surface area contributed by atoms with Gasteiger partial charge in [0, 0.05) is 18.9 Å². The van der Waals surface area contributed by atoms with Crippen molar-refractivity contribution in [3.8, 4) is 5.75 Å². The van der Waals surface area contributed by atoms with Gasteiger partial charge in [0.2, 0.25) is 5.91 Å². The van der Waals surface area contributed by atoms with Gasteiger partial charge in [-0.15, -0.1) is 0 Å². The van der Waals surface area contributed by atoms with E-state index < -0.39 is 24.1 Å². The zero-order chi connectivity index (χ0) is 12.8. The topological polar surface area (TPSA) is 47.6 Å². The lowest BCUT2D eigenvalue weighted by molar-refractivity contribution is -0.119. The fourth-order valence-corrected chi connectivity index (χ4v) is 1.10. The van der Waals surface area contributed by atoms with Gasteiger partial charge in [-0.05, 0) is 12.1 Å². The van der Waals surface area contributed by atoms with E-state index in [-0.39, 0.29) is 12.3 Å². The smallest absolute Gasteiger partial charge is 0.387 e.